The number of aromatic nitrogens is 4. The molecule has 1 amide bonds. The molecule has 9 rings (SSSR count). The summed E-state index contributed by atoms with van der Waals surface area (Å²) in [6.45, 7) is 8.77. The van der Waals surface area contributed by atoms with Crippen molar-refractivity contribution in [2.45, 2.75) is 112 Å². The van der Waals surface area contributed by atoms with Gasteiger partial charge in [-0.15, -0.1) is 0 Å². The van der Waals surface area contributed by atoms with E-state index in [9.17, 15) is 62.8 Å². The van der Waals surface area contributed by atoms with Gasteiger partial charge in [0.2, 0.25) is 21.5 Å². The van der Waals surface area contributed by atoms with Crippen molar-refractivity contribution in [1.82, 2.24) is 25.3 Å². The molecule has 0 fully saturated rings. The van der Waals surface area contributed by atoms with Crippen LogP contribution in [0.1, 0.15) is 105 Å². The van der Waals surface area contributed by atoms with Gasteiger partial charge in [-0.2, -0.15) is 18.0 Å². The van der Waals surface area contributed by atoms with E-state index in [2.05, 4.69) is 35.1 Å². The second-order valence-electron chi connectivity index (χ2n) is 24.2. The monoisotopic (exact) mass is 1520 g/mol. The van der Waals surface area contributed by atoms with E-state index in [1.54, 1.807) is 66.7 Å². The summed E-state index contributed by atoms with van der Waals surface area (Å²) in [6.07, 6.45) is 14.6. The maximum atomic E-state index is 13.5. The van der Waals surface area contributed by atoms with Gasteiger partial charge in [-0.05, 0) is 154 Å². The fourth-order valence-corrected chi connectivity index (χ4v) is 14.3. The molecular weight excluding hydrogens is 1450 g/mol. The maximum Gasteiger partial charge on any atom is 0.326 e. The molecule has 0 saturated carbocycles. The molecule has 29 heteroatoms. The smallest absolute Gasteiger partial charge is 0.326 e. The van der Waals surface area contributed by atoms with E-state index in [1.807, 2.05) is 56.9 Å². The summed E-state index contributed by atoms with van der Waals surface area (Å²) in [7, 11) is -15.1. The number of aliphatic hydroxyl groups excluding tert-OH is 1. The number of carboxylic acid groups (broad SMARTS) is 1. The topological polar surface area (TPSA) is 368 Å². The van der Waals surface area contributed by atoms with Gasteiger partial charge in [0.05, 0.1) is 45.1 Å². The molecule has 93 heavy (non-hydrogen) atoms. The van der Waals surface area contributed by atoms with Crippen molar-refractivity contribution in [3.8, 4) is 5.75 Å². The molecule has 0 spiro atoms. The van der Waals surface area contributed by atoms with E-state index in [-0.39, 0.29) is 78.7 Å². The Morgan fingerprint density at radius 2 is 1.52 bits per heavy atom. The van der Waals surface area contributed by atoms with Gasteiger partial charge in [-0.3, -0.25) is 19.1 Å². The first kappa shape index (κ1) is 71.1. The minimum Gasteiger partial charge on any atom is -0.480 e. The number of H-pyrrole nitrogens is 1. The molecule has 4 aromatic carbocycles. The number of carbonyl (C=O) groups excluding carboxylic acids is 1. The first-order valence-electron chi connectivity index (χ1n) is 29.6. The number of aliphatic hydroxyl groups is 1. The number of carboxylic acids is 1. The van der Waals surface area contributed by atoms with Crippen molar-refractivity contribution in [2.75, 3.05) is 59.0 Å². The quantitative estimate of drug-likeness (QED) is 0.0163. The van der Waals surface area contributed by atoms with Crippen LogP contribution in [0.4, 0.5) is 23.0 Å². The van der Waals surface area contributed by atoms with Crippen molar-refractivity contribution in [1.29, 1.82) is 0 Å². The van der Waals surface area contributed by atoms with E-state index in [0.29, 0.717) is 91.3 Å². The van der Waals surface area contributed by atoms with Gasteiger partial charge in [0.25, 0.3) is 21.6 Å². The number of nitrogens with one attached hydrogen (secondary N) is 3. The number of aromatic amines is 1. The van der Waals surface area contributed by atoms with E-state index in [1.165, 1.54) is 30.7 Å². The Balaban J connectivity index is 0.0000111. The van der Waals surface area contributed by atoms with Gasteiger partial charge >= 0.3 is 5.97 Å². The number of amides is 1. The molecule has 8 N–H and O–H groups in total. The van der Waals surface area contributed by atoms with Gasteiger partial charge in [0.1, 0.15) is 39.9 Å². The molecule has 4 heterocycles. The Hall–Kier alpha value is -7.72. The molecule has 0 unspecified atom stereocenters. The van der Waals surface area contributed by atoms with Crippen molar-refractivity contribution < 1.29 is 88.4 Å². The number of fused-ring (bicyclic) bond motifs is 3. The van der Waals surface area contributed by atoms with Gasteiger partial charge in [-0.1, -0.05) is 32.1 Å². The second-order valence-corrected chi connectivity index (χ2v) is 32.0. The maximum absolute atomic E-state index is 13.5. The number of hydrogen-bond donors (Lipinski definition) is 7. The molecule has 3 aliphatic rings. The van der Waals surface area contributed by atoms with E-state index < -0.39 is 85.6 Å². The zero-order chi connectivity index (χ0) is 66.7. The molecule has 0 saturated heterocycles. The number of unbranched alkanes of at least 4 members (excludes halogenated alkanes) is 2. The van der Waals surface area contributed by atoms with Gasteiger partial charge in [-0.25, -0.2) is 40.0 Å². The molecule has 24 nitrogen and oxygen atoms in total. The molecule has 0 bridgehead atoms. The molecule has 1 atom stereocenters. The Morgan fingerprint density at radius 1 is 0.828 bits per heavy atom. The van der Waals surface area contributed by atoms with Crippen LogP contribution in [-0.4, -0.2) is 140 Å². The zero-order valence-electron chi connectivity index (χ0n) is 52.0. The minimum atomic E-state index is -4.25. The van der Waals surface area contributed by atoms with Crippen molar-refractivity contribution in [2.24, 2.45) is 0 Å². The fourth-order valence-electron chi connectivity index (χ4n) is 11.7. The summed E-state index contributed by atoms with van der Waals surface area (Å²) in [5.74, 6) is -2.66. The Morgan fingerprint density at radius 3 is 2.18 bits per heavy atom. The minimum absolute atomic E-state index is 0. The summed E-state index contributed by atoms with van der Waals surface area (Å²) in [5, 5.41) is 26.0. The van der Waals surface area contributed by atoms with Crippen LogP contribution in [0.2, 0.25) is 0 Å². The number of nitrogen functional groups attached to an aromatic ring is 1. The fraction of sp³-hybridized carbons (Fsp3) is 0.359. The first-order valence-corrected chi connectivity index (χ1v) is 36.8. The number of carbonyl (C=O) groups is 2. The van der Waals surface area contributed by atoms with Crippen molar-refractivity contribution in [3.05, 3.63) is 176 Å². The number of rotatable bonds is 26. The van der Waals surface area contributed by atoms with Crippen LogP contribution in [0.5, 0.6) is 5.75 Å². The standard InChI is InChI=1S/C64H73N9O15S4.W/c1-63(2)49-35-47(90(6,81)82)24-26-52(49)72(30-7-9-32-89(5,79)80)54(63)28-18-41-12-11-13-42(19-29-55-64(3,4)50-36-48(91(83,84)39-74)25-27-53(50)73(55)31-8-10-33-92(85,86)87)57(41)88-46-22-14-40(15-23-46)34-51(61(77)78)69-59(75)43-16-20-44(21-17-43)66-37-45-38-67-58-56(68-45)60(76)71-62(65)70-58;/h14-29,35-36,38,51,74H,7-13,30-34,37,39H2,1-6H3,(H6-,65,66,67,69,70,71,75,76,77,78,85,86,87);/p+1/t51-;/m0./s1. The number of hydrogen-bond acceptors (Lipinski definition) is 19. The van der Waals surface area contributed by atoms with E-state index >= 15 is 0 Å². The molecule has 0 radical (unpaired) electrons. The number of nitrogens with zero attached hydrogens (tertiary/aromatic N) is 5. The molecule has 6 aromatic rings. The van der Waals surface area contributed by atoms with Crippen LogP contribution in [-0.2, 0) is 89.3 Å². The Bertz CT molecular complexity index is 4610. The van der Waals surface area contributed by atoms with Crippen LogP contribution >= 0.6 is 0 Å². The number of benzene rings is 4. The average molecular weight is 1520 g/mol. The van der Waals surface area contributed by atoms with Crippen LogP contribution in [0.25, 0.3) is 11.2 Å². The van der Waals surface area contributed by atoms with Crippen LogP contribution in [0, 0.1) is 0 Å². The third-order valence-electron chi connectivity index (χ3n) is 16.5. The summed E-state index contributed by atoms with van der Waals surface area (Å²) >= 11 is 0. The largest absolute Gasteiger partial charge is 0.480 e. The Kier molecular flexibility index (Phi) is 21.8. The Labute approximate surface area is 554 Å². The molecule has 494 valence electrons. The second kappa shape index (κ2) is 28.5. The van der Waals surface area contributed by atoms with Gasteiger partial charge in [0, 0.05) is 98.7 Å². The molecule has 2 aliphatic heterocycles. The third kappa shape index (κ3) is 17.0. The molecular formula is C64H74N9O15S4W+. The number of sulfone groups is 3. The summed E-state index contributed by atoms with van der Waals surface area (Å²) in [4.78, 5) is 55.5. The van der Waals surface area contributed by atoms with E-state index in [0.717, 1.165) is 40.1 Å². The normalized spacial score (nSPS) is 16.8. The molecule has 1 aliphatic carbocycles. The average Bonchev–Trinajstić information content (AvgIpc) is 1.60. The number of anilines is 3. The number of nitrogens with two attached hydrogens (primary N) is 1. The van der Waals surface area contributed by atoms with Crippen LogP contribution in [0.3, 0.4) is 0 Å². The predicted molar refractivity (Wildman–Crippen MR) is 350 cm³/mol. The summed E-state index contributed by atoms with van der Waals surface area (Å²) < 4.78 is 118. The SMILES string of the molecule is CC1(C)C(=CC=C2CCCC(C=CC3=[N+](CCCCS(C)(=O)=O)c4ccc(S(C)(=O)=O)cc4C3(C)C)=C2Oc2ccc(C[C@H](NC(=O)c3ccc(NCc4cnc5nc(N)[nH]c(=O)c5n4)cc3)C(=O)O)cc2)N(CCCCS(=O)(=O)O)c2ccc(S(=O)(=O)CO)cc21.[W]. The number of ether oxygens (including phenoxy) is 1. The zero-order valence-corrected chi connectivity index (χ0v) is 58.2. The van der Waals surface area contributed by atoms with Gasteiger partial charge < -0.3 is 36.2 Å². The summed E-state index contributed by atoms with van der Waals surface area (Å²) in [6, 6.07) is 21.4. The van der Waals surface area contributed by atoms with Gasteiger partial charge in [0.15, 0.2) is 26.7 Å². The molecule has 2 aromatic heterocycles. The third-order valence-corrected chi connectivity index (χ3v) is 20.8. The van der Waals surface area contributed by atoms with Crippen LogP contribution in [0.15, 0.2) is 153 Å². The van der Waals surface area contributed by atoms with Crippen molar-refractivity contribution in [3.63, 3.8) is 0 Å². The predicted octanol–water partition coefficient (Wildman–Crippen LogP) is 7.01. The number of allylic oxidation sites excluding steroid dienone is 7. The van der Waals surface area contributed by atoms with E-state index in [4.69, 9.17) is 10.5 Å². The first-order chi connectivity index (χ1) is 43.2. The van der Waals surface area contributed by atoms with Crippen LogP contribution < -0.4 is 31.6 Å². The summed E-state index contributed by atoms with van der Waals surface area (Å²) in [5.41, 5.74) is 11.4. The number of aliphatic carboxylic acids is 1. The van der Waals surface area contributed by atoms with Crippen molar-refractivity contribution >= 4 is 91.4 Å².